The molecule has 2 aliphatic heterocycles. The fourth-order valence-corrected chi connectivity index (χ4v) is 3.19. The van der Waals surface area contributed by atoms with Crippen molar-refractivity contribution in [3.63, 3.8) is 0 Å². The number of hydrogen-bond donors (Lipinski definition) is 2. The van der Waals surface area contributed by atoms with E-state index >= 15 is 0 Å². The van der Waals surface area contributed by atoms with Crippen molar-refractivity contribution in [2.75, 3.05) is 13.2 Å². The lowest BCUT2D eigenvalue weighted by molar-refractivity contribution is -0.162. The SMILES string of the molecule is CCNC1=C(C(=O)O)N2C(=O)[C@H](C(C)OC(=O)OCC(Cl)(Cl)Cl)[C@H]2C1. The van der Waals surface area contributed by atoms with Gasteiger partial charge in [-0.05, 0) is 13.8 Å². The molecular weight excluding hydrogens is 399 g/mol. The summed E-state index contributed by atoms with van der Waals surface area (Å²) in [7, 11) is 0. The Bertz CT molecular complexity index is 618. The molecule has 3 atom stereocenters. The Morgan fingerprint density at radius 3 is 2.60 bits per heavy atom. The Morgan fingerprint density at radius 2 is 2.08 bits per heavy atom. The lowest BCUT2D eigenvalue weighted by Crippen LogP contribution is -2.62. The maximum absolute atomic E-state index is 12.4. The van der Waals surface area contributed by atoms with E-state index in [4.69, 9.17) is 39.5 Å². The summed E-state index contributed by atoms with van der Waals surface area (Å²) >= 11 is 16.4. The number of nitrogens with one attached hydrogen (secondary N) is 1. The van der Waals surface area contributed by atoms with Crippen LogP contribution in [-0.2, 0) is 19.1 Å². The number of carboxylic acids is 1. The molecule has 0 aliphatic carbocycles. The van der Waals surface area contributed by atoms with Gasteiger partial charge in [-0.1, -0.05) is 34.8 Å². The summed E-state index contributed by atoms with van der Waals surface area (Å²) in [6.45, 7) is 3.39. The minimum absolute atomic E-state index is 0.0564. The number of hydrogen-bond acceptors (Lipinski definition) is 6. The van der Waals surface area contributed by atoms with Crippen LogP contribution in [-0.4, -0.2) is 57.1 Å². The van der Waals surface area contributed by atoms with E-state index in [9.17, 15) is 19.5 Å². The summed E-state index contributed by atoms with van der Waals surface area (Å²) in [5, 5.41) is 12.3. The molecule has 0 aromatic carbocycles. The zero-order valence-corrected chi connectivity index (χ0v) is 15.7. The first-order valence-corrected chi connectivity index (χ1v) is 8.63. The van der Waals surface area contributed by atoms with Crippen molar-refractivity contribution in [2.24, 2.45) is 5.92 Å². The average Bonchev–Trinajstić information content (AvgIpc) is 2.79. The second-order valence-corrected chi connectivity index (χ2v) is 8.16. The van der Waals surface area contributed by atoms with Crippen LogP contribution in [0.1, 0.15) is 20.3 Å². The lowest BCUT2D eigenvalue weighted by Gasteiger charge is -2.45. The number of nitrogens with zero attached hydrogens (tertiary/aromatic N) is 1. The molecule has 2 N–H and O–H groups in total. The molecule has 0 saturated carbocycles. The predicted octanol–water partition coefficient (Wildman–Crippen LogP) is 2.03. The first-order chi connectivity index (χ1) is 11.6. The van der Waals surface area contributed by atoms with Crippen molar-refractivity contribution in [2.45, 2.75) is 36.2 Å². The summed E-state index contributed by atoms with van der Waals surface area (Å²) in [5.74, 6) is -2.26. The van der Waals surface area contributed by atoms with Gasteiger partial charge in [-0.25, -0.2) is 9.59 Å². The zero-order chi connectivity index (χ0) is 18.9. The zero-order valence-electron chi connectivity index (χ0n) is 13.4. The Labute approximate surface area is 159 Å². The smallest absolute Gasteiger partial charge is 0.477 e. The van der Waals surface area contributed by atoms with Gasteiger partial charge in [0.2, 0.25) is 9.70 Å². The molecule has 0 bridgehead atoms. The number of ether oxygens (including phenoxy) is 2. The molecule has 8 nitrogen and oxygen atoms in total. The number of aliphatic carboxylic acids is 1. The maximum Gasteiger partial charge on any atom is 0.508 e. The molecule has 25 heavy (non-hydrogen) atoms. The van der Waals surface area contributed by atoms with Gasteiger partial charge in [0.1, 0.15) is 18.4 Å². The molecule has 0 radical (unpaired) electrons. The molecule has 1 fully saturated rings. The third kappa shape index (κ3) is 4.24. The Hall–Kier alpha value is -1.38. The van der Waals surface area contributed by atoms with E-state index in [1.54, 1.807) is 0 Å². The van der Waals surface area contributed by atoms with Gasteiger partial charge in [0, 0.05) is 18.7 Å². The van der Waals surface area contributed by atoms with Gasteiger partial charge < -0.3 is 19.9 Å². The van der Waals surface area contributed by atoms with Crippen LogP contribution in [0.4, 0.5) is 4.79 Å². The van der Waals surface area contributed by atoms with E-state index in [0.717, 1.165) is 0 Å². The van der Waals surface area contributed by atoms with E-state index in [1.807, 2.05) is 6.92 Å². The number of alkyl halides is 3. The van der Waals surface area contributed by atoms with Crippen LogP contribution in [0, 0.1) is 5.92 Å². The number of carbonyl (C=O) groups excluding carboxylic acids is 2. The number of β-lactam (4-membered cyclic amide) rings is 1. The minimum atomic E-state index is -1.77. The highest BCUT2D eigenvalue weighted by Crippen LogP contribution is 2.43. The largest absolute Gasteiger partial charge is 0.508 e. The maximum atomic E-state index is 12.4. The van der Waals surface area contributed by atoms with Gasteiger partial charge in [0.05, 0.1) is 12.0 Å². The number of rotatable bonds is 6. The molecule has 11 heteroatoms. The summed E-state index contributed by atoms with van der Waals surface area (Å²) in [5.41, 5.74) is 0.431. The highest BCUT2D eigenvalue weighted by molar-refractivity contribution is 6.67. The van der Waals surface area contributed by atoms with Crippen LogP contribution in [0.3, 0.4) is 0 Å². The van der Waals surface area contributed by atoms with Gasteiger partial charge in [-0.2, -0.15) is 0 Å². The second-order valence-electron chi connectivity index (χ2n) is 5.64. The van der Waals surface area contributed by atoms with Gasteiger partial charge in [0.15, 0.2) is 0 Å². The van der Waals surface area contributed by atoms with Gasteiger partial charge in [0.25, 0.3) is 0 Å². The summed E-state index contributed by atoms with van der Waals surface area (Å²) in [6.07, 6.45) is -1.53. The fraction of sp³-hybridized carbons (Fsp3) is 0.643. The molecule has 0 aromatic rings. The van der Waals surface area contributed by atoms with E-state index < -0.39 is 40.5 Å². The molecule has 1 saturated heterocycles. The van der Waals surface area contributed by atoms with Crippen molar-refractivity contribution < 1.29 is 29.0 Å². The fourth-order valence-electron chi connectivity index (χ4n) is 3.03. The Morgan fingerprint density at radius 1 is 1.44 bits per heavy atom. The summed E-state index contributed by atoms with van der Waals surface area (Å²) in [4.78, 5) is 36.6. The van der Waals surface area contributed by atoms with Crippen LogP contribution in [0.15, 0.2) is 11.4 Å². The van der Waals surface area contributed by atoms with Crippen molar-refractivity contribution in [3.8, 4) is 0 Å². The molecule has 1 amide bonds. The lowest BCUT2D eigenvalue weighted by atomic mass is 9.83. The average molecular weight is 416 g/mol. The van der Waals surface area contributed by atoms with Crippen LogP contribution in [0.25, 0.3) is 0 Å². The molecule has 2 aliphatic rings. The number of amides is 1. The molecule has 0 aromatic heterocycles. The molecule has 1 unspecified atom stereocenters. The van der Waals surface area contributed by atoms with Crippen molar-refractivity contribution in [1.82, 2.24) is 10.2 Å². The topological polar surface area (TPSA) is 105 Å². The minimum Gasteiger partial charge on any atom is -0.477 e. The normalized spacial score (nSPS) is 23.7. The Balaban J connectivity index is 1.99. The third-order valence-electron chi connectivity index (χ3n) is 3.94. The van der Waals surface area contributed by atoms with E-state index in [2.05, 4.69) is 10.1 Å². The van der Waals surface area contributed by atoms with Crippen LogP contribution < -0.4 is 5.32 Å². The standard InChI is InChI=1S/C14H17Cl3N2O6/c1-3-18-7-4-8-9(11(20)19(8)10(7)12(21)22)6(2)25-13(23)24-5-14(15,16)17/h6,8-9,18H,3-5H2,1-2H3,(H,21,22)/t6?,8-,9-/m1/s1. The molecule has 140 valence electrons. The number of carboxylic acid groups (broad SMARTS) is 1. The molecule has 2 rings (SSSR count). The predicted molar refractivity (Wildman–Crippen MR) is 89.3 cm³/mol. The molecule has 0 spiro atoms. The monoisotopic (exact) mass is 414 g/mol. The van der Waals surface area contributed by atoms with E-state index in [-0.39, 0.29) is 11.7 Å². The van der Waals surface area contributed by atoms with Crippen LogP contribution >= 0.6 is 34.8 Å². The van der Waals surface area contributed by atoms with Crippen molar-refractivity contribution in [3.05, 3.63) is 11.4 Å². The van der Waals surface area contributed by atoms with Crippen LogP contribution in [0.2, 0.25) is 0 Å². The van der Waals surface area contributed by atoms with E-state index in [1.165, 1.54) is 11.8 Å². The Kier molecular flexibility index (Phi) is 5.96. The third-order valence-corrected chi connectivity index (χ3v) is 4.27. The van der Waals surface area contributed by atoms with Crippen molar-refractivity contribution >= 4 is 52.8 Å². The first-order valence-electron chi connectivity index (χ1n) is 7.50. The van der Waals surface area contributed by atoms with Crippen LogP contribution in [0.5, 0.6) is 0 Å². The number of carbonyl (C=O) groups is 3. The van der Waals surface area contributed by atoms with Gasteiger partial charge >= 0.3 is 12.1 Å². The molecule has 2 heterocycles. The van der Waals surface area contributed by atoms with Crippen molar-refractivity contribution in [1.29, 1.82) is 0 Å². The highest BCUT2D eigenvalue weighted by Gasteiger charge is 2.58. The highest BCUT2D eigenvalue weighted by atomic mass is 35.6. The summed E-state index contributed by atoms with van der Waals surface area (Å²) in [6, 6.07) is -0.386. The first kappa shape index (κ1) is 19.9. The van der Waals surface area contributed by atoms with Gasteiger partial charge in [-0.3, -0.25) is 9.69 Å². The number of halogens is 3. The molecular formula is C14H17Cl3N2O6. The van der Waals surface area contributed by atoms with Gasteiger partial charge in [-0.15, -0.1) is 0 Å². The quantitative estimate of drug-likeness (QED) is 0.388. The number of fused-ring (bicyclic) bond motifs is 1. The van der Waals surface area contributed by atoms with E-state index in [0.29, 0.717) is 18.7 Å². The summed E-state index contributed by atoms with van der Waals surface area (Å²) < 4.78 is 7.94. The second kappa shape index (κ2) is 7.47.